The maximum atomic E-state index is 13.3. The van der Waals surface area contributed by atoms with Gasteiger partial charge in [-0.25, -0.2) is 4.39 Å². The Morgan fingerprint density at radius 3 is 2.42 bits per heavy atom. The predicted molar refractivity (Wildman–Crippen MR) is 49.9 cm³/mol. The summed E-state index contributed by atoms with van der Waals surface area (Å²) in [5, 5.41) is 9.36. The SMILES string of the molecule is CC(C)(F)c1ccc(Br)cc1O. The molecule has 0 amide bonds. The van der Waals surface area contributed by atoms with Crippen LogP contribution in [0.25, 0.3) is 0 Å². The van der Waals surface area contributed by atoms with Crippen molar-refractivity contribution in [3.8, 4) is 5.75 Å². The second-order valence-corrected chi connectivity index (χ2v) is 4.05. The van der Waals surface area contributed by atoms with Crippen molar-refractivity contribution >= 4 is 15.9 Å². The van der Waals surface area contributed by atoms with Crippen molar-refractivity contribution in [1.29, 1.82) is 0 Å². The predicted octanol–water partition coefficient (Wildman–Crippen LogP) is 3.36. The van der Waals surface area contributed by atoms with Crippen molar-refractivity contribution < 1.29 is 9.50 Å². The van der Waals surface area contributed by atoms with Crippen LogP contribution in [-0.2, 0) is 5.67 Å². The smallest absolute Gasteiger partial charge is 0.134 e. The molecule has 12 heavy (non-hydrogen) atoms. The number of aromatic hydroxyl groups is 1. The second kappa shape index (κ2) is 3.05. The van der Waals surface area contributed by atoms with Crippen LogP contribution < -0.4 is 0 Å². The molecule has 0 aliphatic carbocycles. The summed E-state index contributed by atoms with van der Waals surface area (Å²) in [6.07, 6.45) is 0. The molecule has 0 heterocycles. The third-order valence-electron chi connectivity index (χ3n) is 1.60. The highest BCUT2D eigenvalue weighted by Gasteiger charge is 2.22. The van der Waals surface area contributed by atoms with Crippen LogP contribution in [-0.4, -0.2) is 5.11 Å². The van der Waals surface area contributed by atoms with E-state index in [1.807, 2.05) is 0 Å². The lowest BCUT2D eigenvalue weighted by Gasteiger charge is -2.15. The first kappa shape index (κ1) is 9.52. The van der Waals surface area contributed by atoms with E-state index in [9.17, 15) is 9.50 Å². The molecular weight excluding hydrogens is 223 g/mol. The minimum atomic E-state index is -1.50. The average molecular weight is 233 g/mol. The maximum Gasteiger partial charge on any atom is 0.134 e. The monoisotopic (exact) mass is 232 g/mol. The van der Waals surface area contributed by atoms with Crippen LogP contribution in [0.3, 0.4) is 0 Å². The standard InChI is InChI=1S/C9H10BrFO/c1-9(2,11)7-4-3-6(10)5-8(7)12/h3-5,12H,1-2H3. The Balaban J connectivity index is 3.19. The van der Waals surface area contributed by atoms with Gasteiger partial charge >= 0.3 is 0 Å². The number of phenols is 1. The number of alkyl halides is 1. The molecule has 3 heteroatoms. The molecule has 0 spiro atoms. The van der Waals surface area contributed by atoms with Gasteiger partial charge in [0, 0.05) is 10.0 Å². The quantitative estimate of drug-likeness (QED) is 0.788. The molecule has 0 saturated heterocycles. The number of hydrogen-bond acceptors (Lipinski definition) is 1. The molecule has 0 fully saturated rings. The van der Waals surface area contributed by atoms with Gasteiger partial charge in [-0.2, -0.15) is 0 Å². The summed E-state index contributed by atoms with van der Waals surface area (Å²) in [5.41, 5.74) is -1.18. The molecule has 66 valence electrons. The summed E-state index contributed by atoms with van der Waals surface area (Å²) in [5.74, 6) is -0.0168. The molecule has 1 N–H and O–H groups in total. The first-order valence-electron chi connectivity index (χ1n) is 3.59. The molecule has 1 aromatic rings. The van der Waals surface area contributed by atoms with E-state index in [2.05, 4.69) is 15.9 Å². The van der Waals surface area contributed by atoms with E-state index in [1.54, 1.807) is 12.1 Å². The van der Waals surface area contributed by atoms with Crippen molar-refractivity contribution in [2.75, 3.05) is 0 Å². The van der Waals surface area contributed by atoms with Crippen molar-refractivity contribution in [2.45, 2.75) is 19.5 Å². The highest BCUT2D eigenvalue weighted by molar-refractivity contribution is 9.10. The first-order chi connectivity index (χ1) is 5.41. The maximum absolute atomic E-state index is 13.3. The van der Waals surface area contributed by atoms with Gasteiger partial charge < -0.3 is 5.11 Å². The van der Waals surface area contributed by atoms with E-state index < -0.39 is 5.67 Å². The summed E-state index contributed by atoms with van der Waals surface area (Å²) < 4.78 is 14.1. The van der Waals surface area contributed by atoms with E-state index in [1.165, 1.54) is 19.9 Å². The lowest BCUT2D eigenvalue weighted by Crippen LogP contribution is -2.08. The van der Waals surface area contributed by atoms with Gasteiger partial charge in [0.25, 0.3) is 0 Å². The Bertz CT molecular complexity index is 291. The number of rotatable bonds is 1. The minimum absolute atomic E-state index is 0.0168. The molecule has 0 unspecified atom stereocenters. The number of phenolic OH excluding ortho intramolecular Hbond substituents is 1. The highest BCUT2D eigenvalue weighted by atomic mass is 79.9. The van der Waals surface area contributed by atoms with Crippen LogP contribution >= 0.6 is 15.9 Å². The van der Waals surface area contributed by atoms with Gasteiger partial charge in [-0.05, 0) is 26.0 Å². The van der Waals surface area contributed by atoms with Crippen molar-refractivity contribution in [3.63, 3.8) is 0 Å². The summed E-state index contributed by atoms with van der Waals surface area (Å²) in [7, 11) is 0. The fourth-order valence-electron chi connectivity index (χ4n) is 1.01. The zero-order valence-electron chi connectivity index (χ0n) is 6.94. The molecule has 0 aromatic heterocycles. The molecular formula is C9H10BrFO. The van der Waals surface area contributed by atoms with Gasteiger partial charge in [0.1, 0.15) is 11.4 Å². The minimum Gasteiger partial charge on any atom is -0.508 e. The van der Waals surface area contributed by atoms with Gasteiger partial charge in [-0.1, -0.05) is 22.0 Å². The van der Waals surface area contributed by atoms with Crippen LogP contribution in [0.1, 0.15) is 19.4 Å². The zero-order valence-corrected chi connectivity index (χ0v) is 8.52. The first-order valence-corrected chi connectivity index (χ1v) is 4.38. The van der Waals surface area contributed by atoms with Crippen LogP contribution in [0.4, 0.5) is 4.39 Å². The van der Waals surface area contributed by atoms with Gasteiger partial charge in [0.2, 0.25) is 0 Å². The zero-order chi connectivity index (χ0) is 9.35. The second-order valence-electron chi connectivity index (χ2n) is 3.13. The van der Waals surface area contributed by atoms with Gasteiger partial charge in [0.15, 0.2) is 0 Å². The number of hydrogen-bond donors (Lipinski definition) is 1. The summed E-state index contributed by atoms with van der Waals surface area (Å²) in [6.45, 7) is 2.83. The van der Waals surface area contributed by atoms with Crippen molar-refractivity contribution in [3.05, 3.63) is 28.2 Å². The third-order valence-corrected chi connectivity index (χ3v) is 2.09. The van der Waals surface area contributed by atoms with Crippen LogP contribution in [0, 0.1) is 0 Å². The van der Waals surface area contributed by atoms with Crippen LogP contribution in [0.15, 0.2) is 22.7 Å². The Labute approximate surface area is 79.4 Å². The van der Waals surface area contributed by atoms with Gasteiger partial charge in [-0.3, -0.25) is 0 Å². The molecule has 0 saturated carbocycles. The summed E-state index contributed by atoms with van der Waals surface area (Å²) in [4.78, 5) is 0. The number of benzene rings is 1. The molecule has 1 aromatic carbocycles. The van der Waals surface area contributed by atoms with E-state index in [-0.39, 0.29) is 5.75 Å². The Kier molecular flexibility index (Phi) is 2.42. The van der Waals surface area contributed by atoms with E-state index >= 15 is 0 Å². The fourth-order valence-corrected chi connectivity index (χ4v) is 1.36. The normalized spacial score (nSPS) is 11.7. The Hall–Kier alpha value is -0.570. The molecule has 0 aliphatic rings. The Morgan fingerprint density at radius 2 is 2.00 bits per heavy atom. The number of halogens is 2. The summed E-state index contributed by atoms with van der Waals surface area (Å²) >= 11 is 3.18. The average Bonchev–Trinajstić information content (AvgIpc) is 1.83. The van der Waals surface area contributed by atoms with Gasteiger partial charge in [0.05, 0.1) is 0 Å². The van der Waals surface area contributed by atoms with Crippen LogP contribution in [0.2, 0.25) is 0 Å². The molecule has 0 radical (unpaired) electrons. The molecule has 0 atom stereocenters. The molecule has 0 bridgehead atoms. The van der Waals surface area contributed by atoms with E-state index in [0.717, 1.165) is 4.47 Å². The lowest BCUT2D eigenvalue weighted by atomic mass is 9.99. The van der Waals surface area contributed by atoms with E-state index in [4.69, 9.17) is 0 Å². The highest BCUT2D eigenvalue weighted by Crippen LogP contribution is 2.33. The lowest BCUT2D eigenvalue weighted by molar-refractivity contribution is 0.214. The van der Waals surface area contributed by atoms with Gasteiger partial charge in [-0.15, -0.1) is 0 Å². The summed E-state index contributed by atoms with van der Waals surface area (Å²) in [6, 6.07) is 4.76. The third kappa shape index (κ3) is 1.97. The topological polar surface area (TPSA) is 20.2 Å². The van der Waals surface area contributed by atoms with Crippen molar-refractivity contribution in [2.24, 2.45) is 0 Å². The largest absolute Gasteiger partial charge is 0.508 e. The molecule has 1 nitrogen and oxygen atoms in total. The molecule has 0 aliphatic heterocycles. The van der Waals surface area contributed by atoms with Crippen LogP contribution in [0.5, 0.6) is 5.75 Å². The Morgan fingerprint density at radius 1 is 1.42 bits per heavy atom. The van der Waals surface area contributed by atoms with Crippen molar-refractivity contribution in [1.82, 2.24) is 0 Å². The van der Waals surface area contributed by atoms with E-state index in [0.29, 0.717) is 5.56 Å². The molecule has 1 rings (SSSR count). The fraction of sp³-hybridized carbons (Fsp3) is 0.333.